The summed E-state index contributed by atoms with van der Waals surface area (Å²) in [4.78, 5) is 8.60. The van der Waals surface area contributed by atoms with Gasteiger partial charge in [0, 0.05) is 7.11 Å². The summed E-state index contributed by atoms with van der Waals surface area (Å²) in [5.74, 6) is 2.27. The van der Waals surface area contributed by atoms with E-state index >= 15 is 0 Å². The monoisotopic (exact) mass is 426 g/mol. The van der Waals surface area contributed by atoms with Gasteiger partial charge in [0.05, 0.1) is 26.9 Å². The third kappa shape index (κ3) is 7.04. The molecule has 0 aliphatic heterocycles. The van der Waals surface area contributed by atoms with Crippen molar-refractivity contribution in [1.29, 1.82) is 0 Å². The molecule has 0 bridgehead atoms. The van der Waals surface area contributed by atoms with Gasteiger partial charge in [-0.2, -0.15) is 9.97 Å². The summed E-state index contributed by atoms with van der Waals surface area (Å²) < 4.78 is 32.6. The standard InChI is InChI=1S/C23H26N2O6/c1-26-12-13-29-23-24-21(30-15-17-4-8-19(27-2)9-5-17)14-22(25-23)31-16-18-6-10-20(28-3)11-7-18/h4-11,14H,12-13,15-16H2,1-3H3. The summed E-state index contributed by atoms with van der Waals surface area (Å²) in [6, 6.07) is 17.0. The number of methoxy groups -OCH3 is 3. The molecule has 1 aromatic heterocycles. The predicted molar refractivity (Wildman–Crippen MR) is 114 cm³/mol. The van der Waals surface area contributed by atoms with E-state index in [0.717, 1.165) is 22.6 Å². The van der Waals surface area contributed by atoms with Crippen LogP contribution in [0, 0.1) is 0 Å². The number of benzene rings is 2. The van der Waals surface area contributed by atoms with E-state index in [0.29, 0.717) is 38.2 Å². The van der Waals surface area contributed by atoms with Gasteiger partial charge in [0.2, 0.25) is 11.8 Å². The molecule has 0 unspecified atom stereocenters. The molecule has 0 aliphatic carbocycles. The van der Waals surface area contributed by atoms with Crippen molar-refractivity contribution in [3.05, 3.63) is 65.7 Å². The SMILES string of the molecule is COCCOc1nc(OCc2ccc(OC)cc2)cc(OCc2ccc(OC)cc2)n1. The molecule has 8 nitrogen and oxygen atoms in total. The van der Waals surface area contributed by atoms with Crippen LogP contribution in [-0.2, 0) is 18.0 Å². The minimum atomic E-state index is 0.161. The summed E-state index contributed by atoms with van der Waals surface area (Å²) in [7, 11) is 4.86. The molecule has 0 saturated carbocycles. The Morgan fingerprint density at radius 1 is 0.613 bits per heavy atom. The molecule has 3 rings (SSSR count). The van der Waals surface area contributed by atoms with Gasteiger partial charge in [-0.1, -0.05) is 24.3 Å². The van der Waals surface area contributed by atoms with Crippen LogP contribution in [0.4, 0.5) is 0 Å². The van der Waals surface area contributed by atoms with Crippen LogP contribution in [0.3, 0.4) is 0 Å². The number of nitrogens with zero attached hydrogens (tertiary/aromatic N) is 2. The Morgan fingerprint density at radius 2 is 1.10 bits per heavy atom. The Morgan fingerprint density at radius 3 is 1.52 bits per heavy atom. The maximum absolute atomic E-state index is 5.84. The van der Waals surface area contributed by atoms with Crippen LogP contribution in [0.5, 0.6) is 29.3 Å². The average molecular weight is 426 g/mol. The summed E-state index contributed by atoms with van der Waals surface area (Å²) in [5.41, 5.74) is 1.95. The van der Waals surface area contributed by atoms with E-state index < -0.39 is 0 Å². The minimum absolute atomic E-state index is 0.161. The molecular weight excluding hydrogens is 400 g/mol. The Hall–Kier alpha value is -3.52. The zero-order valence-corrected chi connectivity index (χ0v) is 17.9. The Kier molecular flexibility index (Phi) is 8.30. The third-order valence-electron chi connectivity index (χ3n) is 4.27. The lowest BCUT2D eigenvalue weighted by Gasteiger charge is -2.11. The molecule has 0 amide bonds. The van der Waals surface area contributed by atoms with Crippen molar-refractivity contribution in [2.24, 2.45) is 0 Å². The molecule has 0 spiro atoms. The fourth-order valence-electron chi connectivity index (χ4n) is 2.57. The first-order valence-electron chi connectivity index (χ1n) is 9.72. The molecule has 3 aromatic rings. The van der Waals surface area contributed by atoms with Gasteiger partial charge in [-0.15, -0.1) is 0 Å². The third-order valence-corrected chi connectivity index (χ3v) is 4.27. The second-order valence-corrected chi connectivity index (χ2v) is 6.44. The summed E-state index contributed by atoms with van der Waals surface area (Å²) in [6.45, 7) is 1.39. The second-order valence-electron chi connectivity index (χ2n) is 6.44. The van der Waals surface area contributed by atoms with Crippen LogP contribution in [-0.4, -0.2) is 44.5 Å². The lowest BCUT2D eigenvalue weighted by molar-refractivity contribution is 0.138. The van der Waals surface area contributed by atoms with Gasteiger partial charge in [-0.25, -0.2) is 0 Å². The van der Waals surface area contributed by atoms with Gasteiger partial charge in [0.15, 0.2) is 0 Å². The van der Waals surface area contributed by atoms with Gasteiger partial charge in [0.25, 0.3) is 0 Å². The van der Waals surface area contributed by atoms with Crippen molar-refractivity contribution >= 4 is 0 Å². The van der Waals surface area contributed by atoms with Crippen LogP contribution in [0.25, 0.3) is 0 Å². The molecule has 0 aliphatic rings. The topological polar surface area (TPSA) is 81.2 Å². The maximum atomic E-state index is 5.84. The van der Waals surface area contributed by atoms with E-state index in [1.54, 1.807) is 27.4 Å². The Bertz CT molecular complexity index is 862. The highest BCUT2D eigenvalue weighted by atomic mass is 16.5. The molecule has 0 N–H and O–H groups in total. The second kappa shape index (κ2) is 11.6. The fourth-order valence-corrected chi connectivity index (χ4v) is 2.57. The number of hydrogen-bond acceptors (Lipinski definition) is 8. The number of rotatable bonds is 12. The van der Waals surface area contributed by atoms with Crippen molar-refractivity contribution in [2.75, 3.05) is 34.5 Å². The van der Waals surface area contributed by atoms with Gasteiger partial charge < -0.3 is 28.4 Å². The zero-order chi connectivity index (χ0) is 21.9. The predicted octanol–water partition coefficient (Wildman–Crippen LogP) is 3.68. The van der Waals surface area contributed by atoms with Crippen LogP contribution in [0.15, 0.2) is 54.6 Å². The first-order valence-corrected chi connectivity index (χ1v) is 9.72. The molecular formula is C23H26N2O6. The van der Waals surface area contributed by atoms with Crippen molar-refractivity contribution in [3.8, 4) is 29.3 Å². The summed E-state index contributed by atoms with van der Waals surface area (Å²) in [6.07, 6.45) is 0. The van der Waals surface area contributed by atoms with E-state index in [4.69, 9.17) is 28.4 Å². The molecule has 31 heavy (non-hydrogen) atoms. The largest absolute Gasteiger partial charge is 0.497 e. The number of aromatic nitrogens is 2. The first kappa shape index (κ1) is 22.2. The zero-order valence-electron chi connectivity index (χ0n) is 17.9. The van der Waals surface area contributed by atoms with Gasteiger partial charge in [0.1, 0.15) is 31.3 Å². The van der Waals surface area contributed by atoms with Crippen molar-refractivity contribution in [2.45, 2.75) is 13.2 Å². The number of hydrogen-bond donors (Lipinski definition) is 0. The van der Waals surface area contributed by atoms with E-state index in [-0.39, 0.29) is 6.01 Å². The van der Waals surface area contributed by atoms with Crippen LogP contribution >= 0.6 is 0 Å². The van der Waals surface area contributed by atoms with E-state index in [1.165, 1.54) is 0 Å². The lowest BCUT2D eigenvalue weighted by Crippen LogP contribution is -2.09. The van der Waals surface area contributed by atoms with Crippen molar-refractivity contribution < 1.29 is 28.4 Å². The van der Waals surface area contributed by atoms with E-state index in [2.05, 4.69) is 9.97 Å². The molecule has 8 heteroatoms. The van der Waals surface area contributed by atoms with Gasteiger partial charge in [-0.05, 0) is 35.4 Å². The summed E-state index contributed by atoms with van der Waals surface area (Å²) >= 11 is 0. The molecule has 0 atom stereocenters. The van der Waals surface area contributed by atoms with Gasteiger partial charge in [-0.3, -0.25) is 0 Å². The Balaban J connectivity index is 1.68. The molecule has 0 saturated heterocycles. The normalized spacial score (nSPS) is 10.4. The quantitative estimate of drug-likeness (QED) is 0.406. The highest BCUT2D eigenvalue weighted by Gasteiger charge is 2.09. The summed E-state index contributed by atoms with van der Waals surface area (Å²) in [5, 5.41) is 0. The molecule has 1 heterocycles. The molecule has 0 fully saturated rings. The average Bonchev–Trinajstić information content (AvgIpc) is 2.82. The highest BCUT2D eigenvalue weighted by Crippen LogP contribution is 2.22. The lowest BCUT2D eigenvalue weighted by atomic mass is 10.2. The smallest absolute Gasteiger partial charge is 0.323 e. The van der Waals surface area contributed by atoms with Gasteiger partial charge >= 0.3 is 6.01 Å². The maximum Gasteiger partial charge on any atom is 0.323 e. The highest BCUT2D eigenvalue weighted by molar-refractivity contribution is 5.29. The molecule has 0 radical (unpaired) electrons. The van der Waals surface area contributed by atoms with Crippen LogP contribution < -0.4 is 23.7 Å². The fraction of sp³-hybridized carbons (Fsp3) is 0.304. The number of ether oxygens (including phenoxy) is 6. The van der Waals surface area contributed by atoms with E-state index in [1.807, 2.05) is 48.5 Å². The molecule has 164 valence electrons. The van der Waals surface area contributed by atoms with Crippen LogP contribution in [0.1, 0.15) is 11.1 Å². The van der Waals surface area contributed by atoms with E-state index in [9.17, 15) is 0 Å². The first-order chi connectivity index (χ1) is 15.2. The van der Waals surface area contributed by atoms with Crippen LogP contribution in [0.2, 0.25) is 0 Å². The minimum Gasteiger partial charge on any atom is -0.497 e. The van der Waals surface area contributed by atoms with Crippen molar-refractivity contribution in [3.63, 3.8) is 0 Å². The van der Waals surface area contributed by atoms with Crippen molar-refractivity contribution in [1.82, 2.24) is 9.97 Å². The Labute approximate surface area is 181 Å². The molecule has 2 aromatic carbocycles.